The molecule has 3 aromatic rings. The van der Waals surface area contributed by atoms with Crippen LogP contribution in [-0.2, 0) is 9.47 Å². The highest BCUT2D eigenvalue weighted by Gasteiger charge is 2.39. The van der Waals surface area contributed by atoms with Gasteiger partial charge in [0.25, 0.3) is 5.71 Å². The molecule has 5 rings (SSSR count). The summed E-state index contributed by atoms with van der Waals surface area (Å²) in [6, 6.07) is 5.94. The van der Waals surface area contributed by atoms with E-state index in [4.69, 9.17) is 18.6 Å². The number of aryl methyl sites for hydroxylation is 1. The van der Waals surface area contributed by atoms with Crippen LogP contribution in [0.2, 0.25) is 0 Å². The standard InChI is InChI=1S/C19H19FN4O4/c1-11-23-17-18(21-10-22-19(17)27-11)24-6-15-16(7-24)26-9-14(8-25-15)28-13-4-2-12(20)3-5-13/h2-5,10,14-16H,6-9H2,1H3/t15-,16-/m0/s1. The fraction of sp³-hybridized carbons (Fsp3) is 0.421. The molecule has 28 heavy (non-hydrogen) atoms. The molecule has 2 aromatic heterocycles. The SMILES string of the molecule is Cc1nc2c(N3C[C@@H]4OCC(Oc5ccc(F)cc5)CO[C@H]4C3)ncnc2o1. The summed E-state index contributed by atoms with van der Waals surface area (Å²) < 4.78 is 36.5. The lowest BCUT2D eigenvalue weighted by Gasteiger charge is -2.20. The first-order valence-corrected chi connectivity index (χ1v) is 9.14. The number of oxazole rings is 1. The summed E-state index contributed by atoms with van der Waals surface area (Å²) in [5, 5.41) is 0. The monoisotopic (exact) mass is 386 g/mol. The van der Waals surface area contributed by atoms with E-state index in [9.17, 15) is 4.39 Å². The van der Waals surface area contributed by atoms with Crippen LogP contribution in [0.25, 0.3) is 11.2 Å². The van der Waals surface area contributed by atoms with E-state index in [0.717, 1.165) is 5.82 Å². The average Bonchev–Trinajstić information content (AvgIpc) is 3.22. The van der Waals surface area contributed by atoms with E-state index in [1.807, 2.05) is 0 Å². The van der Waals surface area contributed by atoms with E-state index >= 15 is 0 Å². The van der Waals surface area contributed by atoms with Crippen molar-refractivity contribution in [3.8, 4) is 5.75 Å². The van der Waals surface area contributed by atoms with Crippen molar-refractivity contribution in [1.82, 2.24) is 15.0 Å². The molecule has 0 bridgehead atoms. The number of nitrogens with zero attached hydrogens (tertiary/aromatic N) is 4. The molecule has 9 heteroatoms. The lowest BCUT2D eigenvalue weighted by Crippen LogP contribution is -2.30. The Balaban J connectivity index is 1.26. The summed E-state index contributed by atoms with van der Waals surface area (Å²) in [4.78, 5) is 15.0. The fourth-order valence-electron chi connectivity index (χ4n) is 3.60. The largest absolute Gasteiger partial charge is 0.486 e. The van der Waals surface area contributed by atoms with E-state index in [0.29, 0.717) is 49.2 Å². The van der Waals surface area contributed by atoms with Crippen molar-refractivity contribution in [3.05, 3.63) is 42.3 Å². The number of anilines is 1. The first kappa shape index (κ1) is 17.3. The van der Waals surface area contributed by atoms with Gasteiger partial charge in [-0.1, -0.05) is 0 Å². The van der Waals surface area contributed by atoms with Crippen LogP contribution in [0.1, 0.15) is 5.89 Å². The molecule has 0 aliphatic carbocycles. The van der Waals surface area contributed by atoms with Crippen LogP contribution in [0.4, 0.5) is 10.2 Å². The van der Waals surface area contributed by atoms with Crippen LogP contribution in [0, 0.1) is 12.7 Å². The second-order valence-electron chi connectivity index (χ2n) is 6.93. The highest BCUT2D eigenvalue weighted by molar-refractivity contribution is 5.81. The van der Waals surface area contributed by atoms with Gasteiger partial charge >= 0.3 is 0 Å². The molecule has 0 unspecified atom stereocenters. The topological polar surface area (TPSA) is 82.7 Å². The minimum Gasteiger partial charge on any atom is -0.486 e. The zero-order valence-corrected chi connectivity index (χ0v) is 15.2. The number of ether oxygens (including phenoxy) is 3. The van der Waals surface area contributed by atoms with E-state index in [-0.39, 0.29) is 24.1 Å². The van der Waals surface area contributed by atoms with Crippen LogP contribution in [0.3, 0.4) is 0 Å². The van der Waals surface area contributed by atoms with Gasteiger partial charge in [-0.2, -0.15) is 4.98 Å². The number of aromatic nitrogens is 3. The molecule has 146 valence electrons. The number of fused-ring (bicyclic) bond motifs is 2. The molecule has 2 aliphatic rings. The van der Waals surface area contributed by atoms with Gasteiger partial charge < -0.3 is 23.5 Å². The summed E-state index contributed by atoms with van der Waals surface area (Å²) in [7, 11) is 0. The molecule has 2 fully saturated rings. The molecular weight excluding hydrogens is 367 g/mol. The molecule has 1 aromatic carbocycles. The number of benzene rings is 1. The lowest BCUT2D eigenvalue weighted by molar-refractivity contribution is -0.00461. The Morgan fingerprint density at radius 3 is 2.50 bits per heavy atom. The maximum atomic E-state index is 13.0. The van der Waals surface area contributed by atoms with Crippen molar-refractivity contribution < 1.29 is 23.0 Å². The molecule has 8 nitrogen and oxygen atoms in total. The fourth-order valence-corrected chi connectivity index (χ4v) is 3.60. The minimum atomic E-state index is -0.295. The smallest absolute Gasteiger partial charge is 0.252 e. The van der Waals surface area contributed by atoms with Crippen molar-refractivity contribution >= 4 is 17.0 Å². The average molecular weight is 386 g/mol. The van der Waals surface area contributed by atoms with Crippen LogP contribution in [-0.4, -0.2) is 59.6 Å². The van der Waals surface area contributed by atoms with Gasteiger partial charge in [-0.25, -0.2) is 14.4 Å². The Bertz CT molecular complexity index is 964. The third-order valence-electron chi connectivity index (χ3n) is 4.91. The van der Waals surface area contributed by atoms with E-state index in [2.05, 4.69) is 19.9 Å². The summed E-state index contributed by atoms with van der Waals surface area (Å²) in [5.74, 6) is 1.58. The van der Waals surface area contributed by atoms with Gasteiger partial charge in [0, 0.05) is 20.0 Å². The number of hydrogen-bond acceptors (Lipinski definition) is 8. The third-order valence-corrected chi connectivity index (χ3v) is 4.91. The van der Waals surface area contributed by atoms with Crippen LogP contribution < -0.4 is 9.64 Å². The van der Waals surface area contributed by atoms with Gasteiger partial charge in [-0.3, -0.25) is 0 Å². The summed E-state index contributed by atoms with van der Waals surface area (Å²) in [6.07, 6.45) is 1.04. The van der Waals surface area contributed by atoms with Gasteiger partial charge in [0.1, 0.15) is 36.2 Å². The minimum absolute atomic E-state index is 0.0974. The predicted molar refractivity (Wildman–Crippen MR) is 96.8 cm³/mol. The number of halogens is 1. The van der Waals surface area contributed by atoms with Gasteiger partial charge in [-0.05, 0) is 24.3 Å². The van der Waals surface area contributed by atoms with Gasteiger partial charge in [-0.15, -0.1) is 0 Å². The quantitative estimate of drug-likeness (QED) is 0.677. The molecule has 0 radical (unpaired) electrons. The van der Waals surface area contributed by atoms with Crippen molar-refractivity contribution in [1.29, 1.82) is 0 Å². The van der Waals surface area contributed by atoms with Crippen molar-refractivity contribution in [2.75, 3.05) is 31.2 Å². The van der Waals surface area contributed by atoms with E-state index in [1.165, 1.54) is 18.5 Å². The van der Waals surface area contributed by atoms with Crippen LogP contribution >= 0.6 is 0 Å². The van der Waals surface area contributed by atoms with Gasteiger partial charge in [0.15, 0.2) is 17.2 Å². The molecule has 0 spiro atoms. The lowest BCUT2D eigenvalue weighted by atomic mass is 10.3. The highest BCUT2D eigenvalue weighted by Crippen LogP contribution is 2.29. The molecule has 4 heterocycles. The maximum absolute atomic E-state index is 13.0. The summed E-state index contributed by atoms with van der Waals surface area (Å²) in [6.45, 7) is 3.84. The van der Waals surface area contributed by atoms with Crippen molar-refractivity contribution in [2.24, 2.45) is 0 Å². The van der Waals surface area contributed by atoms with Crippen molar-refractivity contribution in [3.63, 3.8) is 0 Å². The summed E-state index contributed by atoms with van der Waals surface area (Å²) >= 11 is 0. The first-order valence-electron chi connectivity index (χ1n) is 9.14. The highest BCUT2D eigenvalue weighted by atomic mass is 19.1. The predicted octanol–water partition coefficient (Wildman–Crippen LogP) is 2.12. The zero-order valence-electron chi connectivity index (χ0n) is 15.2. The first-order chi connectivity index (χ1) is 13.7. The Kier molecular flexibility index (Phi) is 4.33. The normalized spacial score (nSPS) is 23.0. The number of rotatable bonds is 3. The second kappa shape index (κ2) is 6.99. The van der Waals surface area contributed by atoms with Crippen molar-refractivity contribution in [2.45, 2.75) is 25.2 Å². The Morgan fingerprint density at radius 2 is 1.79 bits per heavy atom. The van der Waals surface area contributed by atoms with Gasteiger partial charge in [0.05, 0.1) is 13.2 Å². The van der Waals surface area contributed by atoms with Crippen LogP contribution in [0.15, 0.2) is 35.0 Å². The summed E-state index contributed by atoms with van der Waals surface area (Å²) in [5.41, 5.74) is 1.12. The van der Waals surface area contributed by atoms with Crippen LogP contribution in [0.5, 0.6) is 5.75 Å². The third kappa shape index (κ3) is 3.27. The zero-order chi connectivity index (χ0) is 19.1. The Morgan fingerprint density at radius 1 is 1.07 bits per heavy atom. The molecule has 0 amide bonds. The molecule has 0 saturated carbocycles. The van der Waals surface area contributed by atoms with Gasteiger partial charge in [0.2, 0.25) is 0 Å². The van der Waals surface area contributed by atoms with E-state index < -0.39 is 0 Å². The molecule has 2 atom stereocenters. The molecular formula is C19H19FN4O4. The number of hydrogen-bond donors (Lipinski definition) is 0. The van der Waals surface area contributed by atoms with E-state index in [1.54, 1.807) is 19.1 Å². The Hall–Kier alpha value is -2.78. The molecule has 2 aliphatic heterocycles. The Labute approximate surface area is 160 Å². The molecule has 2 saturated heterocycles. The second-order valence-corrected chi connectivity index (χ2v) is 6.93. The maximum Gasteiger partial charge on any atom is 0.252 e. The molecule has 0 N–H and O–H groups in total.